The van der Waals surface area contributed by atoms with E-state index in [2.05, 4.69) is 33.1 Å². The van der Waals surface area contributed by atoms with Crippen LogP contribution in [0.4, 0.5) is 0 Å². The molecule has 0 spiro atoms. The van der Waals surface area contributed by atoms with Crippen molar-refractivity contribution in [1.29, 1.82) is 0 Å². The smallest absolute Gasteiger partial charge is 0.0219 e. The first-order valence-electron chi connectivity index (χ1n) is 4.84. The van der Waals surface area contributed by atoms with Crippen molar-refractivity contribution in [3.63, 3.8) is 0 Å². The summed E-state index contributed by atoms with van der Waals surface area (Å²) in [6.45, 7) is 15.6. The van der Waals surface area contributed by atoms with Gasteiger partial charge in [-0.25, -0.2) is 0 Å². The van der Waals surface area contributed by atoms with E-state index in [-0.39, 0.29) is 7.43 Å². The second-order valence-corrected chi connectivity index (χ2v) is 2.65. The Kier molecular flexibility index (Phi) is 19.3. The van der Waals surface area contributed by atoms with Crippen molar-refractivity contribution >= 4 is 0 Å². The van der Waals surface area contributed by atoms with Crippen molar-refractivity contribution in [1.82, 2.24) is 0 Å². The summed E-state index contributed by atoms with van der Waals surface area (Å²) in [5.74, 6) is 0.546. The molecular formula is C14H26. The fourth-order valence-electron chi connectivity index (χ4n) is 0.756. The fourth-order valence-corrected chi connectivity index (χ4v) is 0.756. The Morgan fingerprint density at radius 3 is 1.86 bits per heavy atom. The maximum atomic E-state index is 3.65. The number of rotatable bonds is 4. The molecule has 82 valence electrons. The van der Waals surface area contributed by atoms with E-state index < -0.39 is 0 Å². The summed E-state index contributed by atoms with van der Waals surface area (Å²) in [5.41, 5.74) is 1.28. The summed E-state index contributed by atoms with van der Waals surface area (Å²) in [7, 11) is 0. The van der Waals surface area contributed by atoms with Crippen molar-refractivity contribution in [2.45, 2.75) is 35.1 Å². The molecule has 0 aliphatic heterocycles. The van der Waals surface area contributed by atoms with Crippen LogP contribution >= 0.6 is 0 Å². The topological polar surface area (TPSA) is 0 Å². The molecule has 0 saturated heterocycles. The Balaban J connectivity index is -0.000000376. The van der Waals surface area contributed by atoms with Gasteiger partial charge >= 0.3 is 0 Å². The average molecular weight is 194 g/mol. The van der Waals surface area contributed by atoms with Crippen LogP contribution in [0.5, 0.6) is 0 Å². The third kappa shape index (κ3) is 11.0. The summed E-state index contributed by atoms with van der Waals surface area (Å²) in [6, 6.07) is 0. The molecule has 0 N–H and O–H groups in total. The molecule has 0 aliphatic rings. The predicted octanol–water partition coefficient (Wildman–Crippen LogP) is 5.16. The zero-order valence-electron chi connectivity index (χ0n) is 9.38. The van der Waals surface area contributed by atoms with E-state index in [0.717, 1.165) is 0 Å². The maximum absolute atomic E-state index is 3.65. The lowest BCUT2D eigenvalue weighted by molar-refractivity contribution is 0.792. The first kappa shape index (κ1) is 18.7. The second kappa shape index (κ2) is 14.5. The lowest BCUT2D eigenvalue weighted by Gasteiger charge is -2.03. The molecule has 0 aromatic heterocycles. The van der Waals surface area contributed by atoms with Gasteiger partial charge in [0.2, 0.25) is 0 Å². The number of hydrogen-bond donors (Lipinski definition) is 0. The minimum atomic E-state index is 0. The molecule has 14 heavy (non-hydrogen) atoms. The van der Waals surface area contributed by atoms with Crippen molar-refractivity contribution in [2.75, 3.05) is 0 Å². The molecule has 0 aromatic rings. The number of hydrogen-bond acceptors (Lipinski definition) is 0. The highest BCUT2D eigenvalue weighted by Crippen LogP contribution is 2.10. The largest absolute Gasteiger partial charge is 0.0991 e. The molecule has 0 bridgehead atoms. The van der Waals surface area contributed by atoms with Crippen LogP contribution in [0.25, 0.3) is 0 Å². The van der Waals surface area contributed by atoms with Crippen LogP contribution in [-0.2, 0) is 0 Å². The highest BCUT2D eigenvalue weighted by Gasteiger charge is 1.95. The molecule has 0 aliphatic carbocycles. The van der Waals surface area contributed by atoms with Crippen LogP contribution in [0.15, 0.2) is 49.1 Å². The third-order valence-electron chi connectivity index (χ3n) is 1.40. The van der Waals surface area contributed by atoms with Crippen LogP contribution in [0.1, 0.15) is 35.1 Å². The normalized spacial score (nSPS) is 10.2. The van der Waals surface area contributed by atoms with Gasteiger partial charge < -0.3 is 0 Å². The van der Waals surface area contributed by atoms with Crippen molar-refractivity contribution in [3.05, 3.63) is 49.1 Å². The minimum Gasteiger partial charge on any atom is -0.0991 e. The van der Waals surface area contributed by atoms with E-state index in [4.69, 9.17) is 0 Å². The van der Waals surface area contributed by atoms with Gasteiger partial charge in [-0.2, -0.15) is 0 Å². The van der Waals surface area contributed by atoms with Crippen LogP contribution in [0.2, 0.25) is 0 Å². The zero-order valence-corrected chi connectivity index (χ0v) is 9.38. The molecule has 0 rings (SSSR count). The Morgan fingerprint density at radius 2 is 1.57 bits per heavy atom. The number of allylic oxidation sites excluding steroid dienone is 6. The molecule has 0 unspecified atom stereocenters. The van der Waals surface area contributed by atoms with Crippen molar-refractivity contribution in [2.24, 2.45) is 5.92 Å². The fraction of sp³-hybridized carbons (Fsp3) is 0.429. The molecule has 0 heteroatoms. The van der Waals surface area contributed by atoms with Crippen LogP contribution in [-0.4, -0.2) is 0 Å². The SMILES string of the molecule is C.C=C/C=C\C(=C/C=C)C(C)C.CC. The standard InChI is InChI=1S/C11H16.C2H6.CH4/c1-5-7-9-11(8-6-2)10(3)4;1-2;/h5-10H,1-2H2,3-4H3;1-2H3;1H4/b9-7-,11-8+;;. The lowest BCUT2D eigenvalue weighted by Crippen LogP contribution is -1.88. The molecule has 0 amide bonds. The monoisotopic (exact) mass is 194 g/mol. The summed E-state index contributed by atoms with van der Waals surface area (Å²) < 4.78 is 0. The van der Waals surface area contributed by atoms with Crippen molar-refractivity contribution in [3.8, 4) is 0 Å². The summed E-state index contributed by atoms with van der Waals surface area (Å²) in [6.07, 6.45) is 9.60. The van der Waals surface area contributed by atoms with Gasteiger partial charge in [0.1, 0.15) is 0 Å². The van der Waals surface area contributed by atoms with E-state index in [1.54, 1.807) is 6.08 Å². The molecular weight excluding hydrogens is 168 g/mol. The molecule has 0 heterocycles. The second-order valence-electron chi connectivity index (χ2n) is 2.65. The highest BCUT2D eigenvalue weighted by molar-refractivity contribution is 5.26. The van der Waals surface area contributed by atoms with Crippen molar-refractivity contribution < 1.29 is 0 Å². The van der Waals surface area contributed by atoms with Gasteiger partial charge in [-0.15, -0.1) is 0 Å². The summed E-state index contributed by atoms with van der Waals surface area (Å²) >= 11 is 0. The van der Waals surface area contributed by atoms with Gasteiger partial charge in [-0.05, 0) is 11.5 Å². The maximum Gasteiger partial charge on any atom is -0.0219 e. The molecule has 0 radical (unpaired) electrons. The lowest BCUT2D eigenvalue weighted by atomic mass is 10.0. The van der Waals surface area contributed by atoms with E-state index in [1.165, 1.54) is 5.57 Å². The third-order valence-corrected chi connectivity index (χ3v) is 1.40. The van der Waals surface area contributed by atoms with E-state index >= 15 is 0 Å². The Bertz CT molecular complexity index is 180. The zero-order chi connectivity index (χ0) is 10.7. The Hall–Kier alpha value is -1.04. The van der Waals surface area contributed by atoms with Crippen LogP contribution < -0.4 is 0 Å². The molecule has 0 aromatic carbocycles. The van der Waals surface area contributed by atoms with Gasteiger partial charge in [-0.1, -0.05) is 78.7 Å². The minimum absolute atomic E-state index is 0. The quantitative estimate of drug-likeness (QED) is 0.542. The summed E-state index contributed by atoms with van der Waals surface area (Å²) in [5, 5.41) is 0. The molecule has 0 saturated carbocycles. The Labute approximate surface area is 90.7 Å². The van der Waals surface area contributed by atoms with Gasteiger partial charge in [0.15, 0.2) is 0 Å². The molecule has 0 nitrogen and oxygen atoms in total. The van der Waals surface area contributed by atoms with Gasteiger partial charge in [-0.3, -0.25) is 0 Å². The molecule has 0 atom stereocenters. The van der Waals surface area contributed by atoms with E-state index in [1.807, 2.05) is 32.1 Å². The predicted molar refractivity (Wildman–Crippen MR) is 70.5 cm³/mol. The Morgan fingerprint density at radius 1 is 1.07 bits per heavy atom. The highest BCUT2D eigenvalue weighted by atomic mass is 14.0. The average Bonchev–Trinajstić information content (AvgIpc) is 2.15. The first-order chi connectivity index (χ1) is 6.22. The van der Waals surface area contributed by atoms with Gasteiger partial charge in [0.05, 0.1) is 0 Å². The van der Waals surface area contributed by atoms with Gasteiger partial charge in [0.25, 0.3) is 0 Å². The van der Waals surface area contributed by atoms with Crippen LogP contribution in [0, 0.1) is 5.92 Å². The van der Waals surface area contributed by atoms with Crippen LogP contribution in [0.3, 0.4) is 0 Å². The van der Waals surface area contributed by atoms with E-state index in [9.17, 15) is 0 Å². The van der Waals surface area contributed by atoms with Gasteiger partial charge in [0, 0.05) is 0 Å². The first-order valence-corrected chi connectivity index (χ1v) is 4.84. The summed E-state index contributed by atoms with van der Waals surface area (Å²) in [4.78, 5) is 0. The van der Waals surface area contributed by atoms with E-state index in [0.29, 0.717) is 5.92 Å². The molecule has 0 fully saturated rings.